The minimum atomic E-state index is -0.433. The molecule has 1 heterocycles. The van der Waals surface area contributed by atoms with Crippen LogP contribution in [0.15, 0.2) is 42.6 Å². The Labute approximate surface area is 123 Å². The summed E-state index contributed by atoms with van der Waals surface area (Å²) < 4.78 is 13.8. The van der Waals surface area contributed by atoms with Crippen LogP contribution < -0.4 is 5.32 Å². The van der Waals surface area contributed by atoms with Gasteiger partial charge < -0.3 is 10.2 Å². The summed E-state index contributed by atoms with van der Waals surface area (Å²) in [5, 5.41) is 2.75. The fraction of sp³-hybridized carbons (Fsp3) is 0.250. The maximum atomic E-state index is 13.8. The van der Waals surface area contributed by atoms with E-state index >= 15 is 0 Å². The Morgan fingerprint density at radius 1 is 1.29 bits per heavy atom. The van der Waals surface area contributed by atoms with Crippen molar-refractivity contribution in [1.29, 1.82) is 0 Å². The van der Waals surface area contributed by atoms with Crippen molar-refractivity contribution in [2.45, 2.75) is 13.5 Å². The number of anilines is 1. The molecule has 5 heteroatoms. The lowest BCUT2D eigenvalue weighted by Crippen LogP contribution is -2.31. The second-order valence-electron chi connectivity index (χ2n) is 4.55. The summed E-state index contributed by atoms with van der Waals surface area (Å²) in [5.41, 5.74) is 1.35. The lowest BCUT2D eigenvalue weighted by molar-refractivity contribution is 0.0751. The van der Waals surface area contributed by atoms with Crippen LogP contribution in [0.1, 0.15) is 23.0 Å². The number of hydrogen-bond donors (Lipinski definition) is 1. The van der Waals surface area contributed by atoms with Crippen LogP contribution in [0.2, 0.25) is 0 Å². The van der Waals surface area contributed by atoms with Gasteiger partial charge in [0, 0.05) is 19.8 Å². The van der Waals surface area contributed by atoms with Gasteiger partial charge in [0.1, 0.15) is 5.82 Å². The summed E-state index contributed by atoms with van der Waals surface area (Å²) in [6.07, 6.45) is 1.69. The Kier molecular flexibility index (Phi) is 4.87. The molecule has 0 bridgehead atoms. The maximum Gasteiger partial charge on any atom is 0.256 e. The van der Waals surface area contributed by atoms with Crippen LogP contribution >= 0.6 is 0 Å². The second kappa shape index (κ2) is 6.83. The summed E-state index contributed by atoms with van der Waals surface area (Å²) in [5.74, 6) is -0.649. The largest absolute Gasteiger partial charge is 0.385 e. The molecule has 0 aliphatic carbocycles. The summed E-state index contributed by atoms with van der Waals surface area (Å²) in [6, 6.07) is 10.1. The van der Waals surface area contributed by atoms with Crippen LogP contribution in [0.25, 0.3) is 0 Å². The number of rotatable bonds is 5. The molecule has 0 atom stereocenters. The fourth-order valence-corrected chi connectivity index (χ4v) is 2.14. The van der Waals surface area contributed by atoms with Gasteiger partial charge >= 0.3 is 0 Å². The van der Waals surface area contributed by atoms with Gasteiger partial charge in [0.2, 0.25) is 0 Å². The highest BCUT2D eigenvalue weighted by Crippen LogP contribution is 2.21. The van der Waals surface area contributed by atoms with Gasteiger partial charge in [0.15, 0.2) is 0 Å². The fourth-order valence-electron chi connectivity index (χ4n) is 2.14. The third-order valence-electron chi connectivity index (χ3n) is 3.24. The van der Waals surface area contributed by atoms with Crippen molar-refractivity contribution in [2.75, 3.05) is 18.9 Å². The SMILES string of the molecule is CCN(Cc1ccccn1)C(=O)c1cccc(F)c1NC. The molecule has 0 spiro atoms. The molecule has 1 aromatic heterocycles. The number of halogens is 1. The second-order valence-corrected chi connectivity index (χ2v) is 4.55. The quantitative estimate of drug-likeness (QED) is 0.919. The van der Waals surface area contributed by atoms with Crippen LogP contribution in [0.5, 0.6) is 0 Å². The Morgan fingerprint density at radius 3 is 2.71 bits per heavy atom. The lowest BCUT2D eigenvalue weighted by Gasteiger charge is -2.22. The number of pyridine rings is 1. The normalized spacial score (nSPS) is 10.2. The highest BCUT2D eigenvalue weighted by molar-refractivity contribution is 5.99. The minimum Gasteiger partial charge on any atom is -0.385 e. The van der Waals surface area contributed by atoms with Crippen LogP contribution in [0.3, 0.4) is 0 Å². The predicted molar refractivity (Wildman–Crippen MR) is 80.6 cm³/mol. The topological polar surface area (TPSA) is 45.2 Å². The molecule has 0 aliphatic rings. The first-order valence-electron chi connectivity index (χ1n) is 6.82. The molecular formula is C16H18FN3O. The standard InChI is InChI=1S/C16H18FN3O/c1-3-20(11-12-7-4-5-10-19-12)16(21)13-8-6-9-14(17)15(13)18-2/h4-10,18H,3,11H2,1-2H3. The van der Waals surface area contributed by atoms with Crippen molar-refractivity contribution < 1.29 is 9.18 Å². The molecule has 2 rings (SSSR count). The molecule has 0 unspecified atom stereocenters. The van der Waals surface area contributed by atoms with E-state index in [1.165, 1.54) is 12.1 Å². The van der Waals surface area contributed by atoms with Gasteiger partial charge in [-0.3, -0.25) is 9.78 Å². The van der Waals surface area contributed by atoms with E-state index in [1.54, 1.807) is 24.2 Å². The number of aromatic nitrogens is 1. The molecular weight excluding hydrogens is 269 g/mol. The van der Waals surface area contributed by atoms with Gasteiger partial charge in [0.05, 0.1) is 23.5 Å². The number of carbonyl (C=O) groups is 1. The molecule has 21 heavy (non-hydrogen) atoms. The minimum absolute atomic E-state index is 0.216. The van der Waals surface area contributed by atoms with E-state index < -0.39 is 5.82 Å². The first kappa shape index (κ1) is 15.0. The monoisotopic (exact) mass is 287 g/mol. The Hall–Kier alpha value is -2.43. The van der Waals surface area contributed by atoms with E-state index in [0.29, 0.717) is 18.7 Å². The zero-order valence-electron chi connectivity index (χ0n) is 12.1. The van der Waals surface area contributed by atoms with Gasteiger partial charge in [-0.1, -0.05) is 12.1 Å². The van der Waals surface area contributed by atoms with Gasteiger partial charge in [0.25, 0.3) is 5.91 Å². The average Bonchev–Trinajstić information content (AvgIpc) is 2.52. The van der Waals surface area contributed by atoms with Crippen LogP contribution in [0.4, 0.5) is 10.1 Å². The smallest absolute Gasteiger partial charge is 0.256 e. The van der Waals surface area contributed by atoms with E-state index in [1.807, 2.05) is 25.1 Å². The molecule has 2 aromatic rings. The molecule has 0 aliphatic heterocycles. The van der Waals surface area contributed by atoms with Gasteiger partial charge in [-0.2, -0.15) is 0 Å². The number of amides is 1. The van der Waals surface area contributed by atoms with E-state index in [2.05, 4.69) is 10.3 Å². The van der Waals surface area contributed by atoms with Crippen molar-refractivity contribution in [3.8, 4) is 0 Å². The number of para-hydroxylation sites is 1. The summed E-state index contributed by atoms with van der Waals surface area (Å²) >= 11 is 0. The highest BCUT2D eigenvalue weighted by atomic mass is 19.1. The molecule has 4 nitrogen and oxygen atoms in total. The first-order chi connectivity index (χ1) is 10.2. The maximum absolute atomic E-state index is 13.8. The number of benzene rings is 1. The van der Waals surface area contributed by atoms with Crippen molar-refractivity contribution in [3.63, 3.8) is 0 Å². The van der Waals surface area contributed by atoms with Gasteiger partial charge in [-0.25, -0.2) is 4.39 Å². The molecule has 1 N–H and O–H groups in total. The third kappa shape index (κ3) is 3.37. The molecule has 110 valence electrons. The Bertz CT molecular complexity index is 616. The Balaban J connectivity index is 2.27. The average molecular weight is 287 g/mol. The van der Waals surface area contributed by atoms with Crippen LogP contribution in [0, 0.1) is 5.82 Å². The van der Waals surface area contributed by atoms with Gasteiger partial charge in [-0.05, 0) is 31.2 Å². The number of hydrogen-bond acceptors (Lipinski definition) is 3. The molecule has 0 saturated heterocycles. The number of nitrogens with zero attached hydrogens (tertiary/aromatic N) is 2. The zero-order chi connectivity index (χ0) is 15.2. The van der Waals surface area contributed by atoms with Crippen molar-refractivity contribution in [1.82, 2.24) is 9.88 Å². The van der Waals surface area contributed by atoms with E-state index in [9.17, 15) is 9.18 Å². The van der Waals surface area contributed by atoms with E-state index in [-0.39, 0.29) is 11.6 Å². The molecule has 1 aromatic carbocycles. The molecule has 0 fully saturated rings. The summed E-state index contributed by atoms with van der Waals surface area (Å²) in [6.45, 7) is 2.81. The summed E-state index contributed by atoms with van der Waals surface area (Å²) in [4.78, 5) is 18.5. The first-order valence-corrected chi connectivity index (χ1v) is 6.82. The lowest BCUT2D eigenvalue weighted by atomic mass is 10.1. The van der Waals surface area contributed by atoms with Crippen molar-refractivity contribution >= 4 is 11.6 Å². The summed E-state index contributed by atoms with van der Waals surface area (Å²) in [7, 11) is 1.60. The zero-order valence-corrected chi connectivity index (χ0v) is 12.1. The number of nitrogens with one attached hydrogen (secondary N) is 1. The van der Waals surface area contributed by atoms with Crippen LogP contribution in [-0.4, -0.2) is 29.4 Å². The Morgan fingerprint density at radius 2 is 2.10 bits per heavy atom. The molecule has 0 radical (unpaired) electrons. The highest BCUT2D eigenvalue weighted by Gasteiger charge is 2.19. The van der Waals surface area contributed by atoms with Crippen molar-refractivity contribution in [3.05, 3.63) is 59.7 Å². The van der Waals surface area contributed by atoms with Crippen LogP contribution in [-0.2, 0) is 6.54 Å². The van der Waals surface area contributed by atoms with Gasteiger partial charge in [-0.15, -0.1) is 0 Å². The van der Waals surface area contributed by atoms with Crippen molar-refractivity contribution in [2.24, 2.45) is 0 Å². The van der Waals surface area contributed by atoms with E-state index in [4.69, 9.17) is 0 Å². The molecule has 1 amide bonds. The van der Waals surface area contributed by atoms with E-state index in [0.717, 1.165) is 5.69 Å². The number of carbonyl (C=O) groups excluding carboxylic acids is 1. The third-order valence-corrected chi connectivity index (χ3v) is 3.24. The molecule has 0 saturated carbocycles. The predicted octanol–water partition coefficient (Wildman–Crippen LogP) is 2.92.